The van der Waals surface area contributed by atoms with E-state index in [0.29, 0.717) is 17.9 Å². The van der Waals surface area contributed by atoms with Crippen LogP contribution in [0, 0.1) is 13.8 Å². The third kappa shape index (κ3) is 3.15. The van der Waals surface area contributed by atoms with Gasteiger partial charge in [0, 0.05) is 16.3 Å². The Morgan fingerprint density at radius 3 is 2.67 bits per heavy atom. The molecule has 1 aromatic heterocycles. The molecular formula is C10H15NO2S2. The molecule has 0 aliphatic carbocycles. The van der Waals surface area contributed by atoms with Crippen LogP contribution < -0.4 is 4.72 Å². The number of thiophene rings is 1. The number of aryl methyl sites for hydroxylation is 2. The average molecular weight is 245 g/mol. The molecule has 0 bridgehead atoms. The maximum atomic E-state index is 11.8. The lowest BCUT2D eigenvalue weighted by Gasteiger charge is -2.04. The van der Waals surface area contributed by atoms with E-state index in [1.807, 2.05) is 13.8 Å². The van der Waals surface area contributed by atoms with E-state index in [0.717, 1.165) is 9.75 Å². The normalized spacial score (nSPS) is 11.6. The summed E-state index contributed by atoms with van der Waals surface area (Å²) in [6.07, 6.45) is 2.33. The summed E-state index contributed by atoms with van der Waals surface area (Å²) in [4.78, 5) is 2.24. The van der Waals surface area contributed by atoms with Crippen molar-refractivity contribution in [2.45, 2.75) is 25.2 Å². The van der Waals surface area contributed by atoms with Crippen LogP contribution in [-0.2, 0) is 10.0 Å². The molecule has 3 nitrogen and oxygen atoms in total. The lowest BCUT2D eigenvalue weighted by Crippen LogP contribution is -2.24. The van der Waals surface area contributed by atoms with Gasteiger partial charge in [0.05, 0.1) is 4.90 Å². The molecule has 1 N–H and O–H groups in total. The first-order chi connectivity index (χ1) is 6.97. The molecule has 0 spiro atoms. The van der Waals surface area contributed by atoms with Crippen LogP contribution in [0.3, 0.4) is 0 Å². The standard InChI is InChI=1S/C10H15NO2S2/c1-4-5-6-11-15(12,13)10-7-8(2)14-9(10)3/h4,7,11H,1,5-6H2,2-3H3. The molecule has 0 saturated heterocycles. The van der Waals surface area contributed by atoms with Crippen LogP contribution >= 0.6 is 11.3 Å². The van der Waals surface area contributed by atoms with Crippen molar-refractivity contribution < 1.29 is 8.42 Å². The van der Waals surface area contributed by atoms with Crippen LogP contribution in [-0.4, -0.2) is 15.0 Å². The molecule has 0 atom stereocenters. The van der Waals surface area contributed by atoms with Gasteiger partial charge in [-0.15, -0.1) is 17.9 Å². The van der Waals surface area contributed by atoms with Crippen LogP contribution in [0.25, 0.3) is 0 Å². The van der Waals surface area contributed by atoms with Crippen LogP contribution in [0.2, 0.25) is 0 Å². The van der Waals surface area contributed by atoms with Gasteiger partial charge in [0.15, 0.2) is 0 Å². The number of hydrogen-bond donors (Lipinski definition) is 1. The van der Waals surface area contributed by atoms with Gasteiger partial charge in [0.25, 0.3) is 0 Å². The Bertz CT molecular complexity index is 446. The fourth-order valence-electron chi connectivity index (χ4n) is 1.25. The highest BCUT2D eigenvalue weighted by molar-refractivity contribution is 7.89. The van der Waals surface area contributed by atoms with Crippen molar-refractivity contribution >= 4 is 21.4 Å². The van der Waals surface area contributed by atoms with E-state index in [1.54, 1.807) is 12.1 Å². The largest absolute Gasteiger partial charge is 0.241 e. The number of nitrogens with one attached hydrogen (secondary N) is 1. The second-order valence-corrected chi connectivity index (χ2v) is 6.45. The van der Waals surface area contributed by atoms with Gasteiger partial charge in [0.1, 0.15) is 0 Å². The first-order valence-corrected chi connectivity index (χ1v) is 6.95. The Morgan fingerprint density at radius 1 is 1.53 bits per heavy atom. The molecule has 5 heteroatoms. The zero-order valence-electron chi connectivity index (χ0n) is 8.91. The molecule has 1 heterocycles. The first-order valence-electron chi connectivity index (χ1n) is 4.65. The lowest BCUT2D eigenvalue weighted by molar-refractivity contribution is 0.582. The Labute approximate surface area is 94.9 Å². The van der Waals surface area contributed by atoms with Gasteiger partial charge in [0.2, 0.25) is 10.0 Å². The predicted molar refractivity (Wildman–Crippen MR) is 63.8 cm³/mol. The SMILES string of the molecule is C=CCCNS(=O)(=O)c1cc(C)sc1C. The van der Waals surface area contributed by atoms with Crippen molar-refractivity contribution in [1.29, 1.82) is 0 Å². The highest BCUT2D eigenvalue weighted by Crippen LogP contribution is 2.24. The Hall–Kier alpha value is -0.650. The number of sulfonamides is 1. The molecular weight excluding hydrogens is 230 g/mol. The first kappa shape index (κ1) is 12.4. The van der Waals surface area contributed by atoms with E-state index in [1.165, 1.54) is 11.3 Å². The Kier molecular flexibility index (Phi) is 4.07. The second kappa shape index (κ2) is 4.92. The van der Waals surface area contributed by atoms with Gasteiger partial charge in [-0.25, -0.2) is 13.1 Å². The maximum Gasteiger partial charge on any atom is 0.241 e. The molecule has 0 saturated carbocycles. The van der Waals surface area contributed by atoms with Gasteiger partial charge in [-0.2, -0.15) is 0 Å². The Balaban J connectivity index is 2.86. The zero-order valence-corrected chi connectivity index (χ0v) is 10.5. The molecule has 0 unspecified atom stereocenters. The third-order valence-electron chi connectivity index (χ3n) is 1.93. The summed E-state index contributed by atoms with van der Waals surface area (Å²) in [7, 11) is -3.33. The summed E-state index contributed by atoms with van der Waals surface area (Å²) in [5.74, 6) is 0. The van der Waals surface area contributed by atoms with E-state index in [2.05, 4.69) is 11.3 Å². The minimum atomic E-state index is -3.33. The fourth-order valence-corrected chi connectivity index (χ4v) is 3.85. The summed E-state index contributed by atoms with van der Waals surface area (Å²) in [5, 5.41) is 0. The summed E-state index contributed by atoms with van der Waals surface area (Å²) < 4.78 is 26.1. The maximum absolute atomic E-state index is 11.8. The van der Waals surface area contributed by atoms with E-state index >= 15 is 0 Å². The minimum absolute atomic E-state index is 0.397. The van der Waals surface area contributed by atoms with Crippen LogP contribution in [0.1, 0.15) is 16.2 Å². The third-order valence-corrected chi connectivity index (χ3v) is 4.61. The topological polar surface area (TPSA) is 46.2 Å². The zero-order chi connectivity index (χ0) is 11.5. The van der Waals surface area contributed by atoms with Gasteiger partial charge in [-0.3, -0.25) is 0 Å². The van der Waals surface area contributed by atoms with Crippen LogP contribution in [0.4, 0.5) is 0 Å². The minimum Gasteiger partial charge on any atom is -0.211 e. The predicted octanol–water partition coefficient (Wildman–Crippen LogP) is 2.22. The van der Waals surface area contributed by atoms with Crippen molar-refractivity contribution in [3.05, 3.63) is 28.5 Å². The smallest absolute Gasteiger partial charge is 0.211 e. The molecule has 0 aliphatic heterocycles. The molecule has 0 aromatic carbocycles. The molecule has 0 fully saturated rings. The summed E-state index contributed by atoms with van der Waals surface area (Å²) in [6.45, 7) is 7.67. The van der Waals surface area contributed by atoms with Gasteiger partial charge >= 0.3 is 0 Å². The summed E-state index contributed by atoms with van der Waals surface area (Å²) in [6, 6.07) is 1.70. The Morgan fingerprint density at radius 2 is 2.20 bits per heavy atom. The molecule has 0 aliphatic rings. The monoisotopic (exact) mass is 245 g/mol. The van der Waals surface area contributed by atoms with Crippen LogP contribution in [0.15, 0.2) is 23.6 Å². The highest BCUT2D eigenvalue weighted by Gasteiger charge is 2.17. The van der Waals surface area contributed by atoms with Crippen molar-refractivity contribution in [2.75, 3.05) is 6.54 Å². The fraction of sp³-hybridized carbons (Fsp3) is 0.400. The molecule has 0 amide bonds. The molecule has 1 rings (SSSR count). The number of hydrogen-bond acceptors (Lipinski definition) is 3. The molecule has 84 valence electrons. The average Bonchev–Trinajstić information content (AvgIpc) is 2.46. The van der Waals surface area contributed by atoms with E-state index < -0.39 is 10.0 Å². The van der Waals surface area contributed by atoms with E-state index in [9.17, 15) is 8.42 Å². The van der Waals surface area contributed by atoms with Crippen molar-refractivity contribution in [1.82, 2.24) is 4.72 Å². The molecule has 1 aromatic rings. The lowest BCUT2D eigenvalue weighted by atomic mass is 10.4. The van der Waals surface area contributed by atoms with Gasteiger partial charge in [-0.05, 0) is 26.3 Å². The van der Waals surface area contributed by atoms with E-state index in [4.69, 9.17) is 0 Å². The van der Waals surface area contributed by atoms with Crippen molar-refractivity contribution in [2.24, 2.45) is 0 Å². The summed E-state index contributed by atoms with van der Waals surface area (Å²) in [5.41, 5.74) is 0. The van der Waals surface area contributed by atoms with Gasteiger partial charge in [-0.1, -0.05) is 6.08 Å². The quantitative estimate of drug-likeness (QED) is 0.638. The molecule has 15 heavy (non-hydrogen) atoms. The van der Waals surface area contributed by atoms with Crippen molar-refractivity contribution in [3.8, 4) is 0 Å². The summed E-state index contributed by atoms with van der Waals surface area (Å²) >= 11 is 1.50. The van der Waals surface area contributed by atoms with E-state index in [-0.39, 0.29) is 0 Å². The van der Waals surface area contributed by atoms with Crippen molar-refractivity contribution in [3.63, 3.8) is 0 Å². The number of rotatable bonds is 5. The highest BCUT2D eigenvalue weighted by atomic mass is 32.2. The van der Waals surface area contributed by atoms with Gasteiger partial charge < -0.3 is 0 Å². The second-order valence-electron chi connectivity index (χ2n) is 3.25. The van der Waals surface area contributed by atoms with Crippen LogP contribution in [0.5, 0.6) is 0 Å². The molecule has 0 radical (unpaired) electrons.